The van der Waals surface area contributed by atoms with Crippen molar-refractivity contribution < 1.29 is 17.9 Å². The Hall–Kier alpha value is -1.44. The fourth-order valence-corrected chi connectivity index (χ4v) is 8.20. The molecule has 2 atom stereocenters. The van der Waals surface area contributed by atoms with Gasteiger partial charge in [-0.3, -0.25) is 0 Å². The molecule has 0 unspecified atom stereocenters. The number of ether oxygens (including phenoxy) is 1. The summed E-state index contributed by atoms with van der Waals surface area (Å²) in [5, 5.41) is 0. The van der Waals surface area contributed by atoms with Crippen LogP contribution in [0.4, 0.5) is 0 Å². The number of carbonyl (C=O) groups is 1. The highest BCUT2D eigenvalue weighted by Crippen LogP contribution is 2.37. The van der Waals surface area contributed by atoms with Crippen LogP contribution in [0, 0.1) is 0 Å². The summed E-state index contributed by atoms with van der Waals surface area (Å²) in [6, 6.07) is 9.48. The first-order valence-electron chi connectivity index (χ1n) is 9.50. The monoisotopic (exact) mass is 409 g/mol. The minimum absolute atomic E-state index is 0.118. The highest BCUT2D eigenvalue weighted by Gasteiger charge is 2.41. The summed E-state index contributed by atoms with van der Waals surface area (Å²) < 4.78 is 33.3. The van der Waals surface area contributed by atoms with E-state index in [0.29, 0.717) is 18.0 Å². The minimum Gasteiger partial charge on any atom is -0.463 e. The molecule has 7 heteroatoms. The van der Waals surface area contributed by atoms with Gasteiger partial charge in [-0.1, -0.05) is 56.0 Å². The van der Waals surface area contributed by atoms with E-state index in [0.717, 1.165) is 5.56 Å². The second-order valence-corrected chi connectivity index (χ2v) is 15.8. The van der Waals surface area contributed by atoms with E-state index in [1.807, 2.05) is 36.4 Å². The minimum atomic E-state index is -3.52. The zero-order chi connectivity index (χ0) is 20.2. The van der Waals surface area contributed by atoms with Gasteiger partial charge in [0.15, 0.2) is 0 Å². The lowest BCUT2D eigenvalue weighted by Crippen LogP contribution is -2.47. The summed E-state index contributed by atoms with van der Waals surface area (Å²) in [5.74, 6) is -0.311. The first-order valence-corrected chi connectivity index (χ1v) is 14.8. The summed E-state index contributed by atoms with van der Waals surface area (Å²) in [6.45, 7) is 10.3. The number of benzene rings is 1. The van der Waals surface area contributed by atoms with Gasteiger partial charge in [0.2, 0.25) is 10.0 Å². The van der Waals surface area contributed by atoms with Crippen LogP contribution in [0.1, 0.15) is 31.9 Å². The van der Waals surface area contributed by atoms with Gasteiger partial charge in [0, 0.05) is 8.07 Å². The summed E-state index contributed by atoms with van der Waals surface area (Å²) >= 11 is 0. The highest BCUT2D eigenvalue weighted by molar-refractivity contribution is 7.89. The topological polar surface area (TPSA) is 63.7 Å². The molecule has 27 heavy (non-hydrogen) atoms. The number of rotatable bonds is 7. The van der Waals surface area contributed by atoms with Crippen LogP contribution in [0.15, 0.2) is 42.0 Å². The van der Waals surface area contributed by atoms with Gasteiger partial charge in [0.05, 0.1) is 30.0 Å². The van der Waals surface area contributed by atoms with Crippen molar-refractivity contribution in [1.82, 2.24) is 4.31 Å². The number of carbonyl (C=O) groups excluding carboxylic acids is 1. The van der Waals surface area contributed by atoms with Crippen LogP contribution in [0.2, 0.25) is 25.7 Å². The van der Waals surface area contributed by atoms with Crippen LogP contribution >= 0.6 is 0 Å². The number of sulfonamides is 1. The van der Waals surface area contributed by atoms with Crippen LogP contribution in [-0.2, 0) is 19.6 Å². The maximum Gasteiger partial charge on any atom is 0.335 e. The van der Waals surface area contributed by atoms with E-state index >= 15 is 0 Å². The van der Waals surface area contributed by atoms with E-state index in [9.17, 15) is 13.2 Å². The van der Waals surface area contributed by atoms with Crippen molar-refractivity contribution in [2.75, 3.05) is 12.4 Å². The zero-order valence-electron chi connectivity index (χ0n) is 16.9. The van der Waals surface area contributed by atoms with Crippen molar-refractivity contribution in [3.8, 4) is 0 Å². The van der Waals surface area contributed by atoms with Crippen molar-refractivity contribution in [2.24, 2.45) is 0 Å². The summed E-state index contributed by atoms with van der Waals surface area (Å²) in [4.78, 5) is 12.3. The molecule has 1 aromatic carbocycles. The van der Waals surface area contributed by atoms with E-state index < -0.39 is 30.1 Å². The van der Waals surface area contributed by atoms with Crippen molar-refractivity contribution in [2.45, 2.75) is 58.0 Å². The number of nitrogens with zero attached hydrogens (tertiary/aromatic N) is 1. The Morgan fingerprint density at radius 2 is 1.85 bits per heavy atom. The van der Waals surface area contributed by atoms with Gasteiger partial charge in [-0.2, -0.15) is 4.31 Å². The summed E-state index contributed by atoms with van der Waals surface area (Å²) in [5.41, 5.74) is 1.38. The Balaban J connectivity index is 2.42. The maximum atomic E-state index is 13.3. The highest BCUT2D eigenvalue weighted by atomic mass is 32.2. The van der Waals surface area contributed by atoms with Gasteiger partial charge in [0.25, 0.3) is 0 Å². The Morgan fingerprint density at radius 1 is 1.22 bits per heavy atom. The van der Waals surface area contributed by atoms with Crippen LogP contribution in [0.25, 0.3) is 0 Å². The standard InChI is InChI=1S/C20H31NO4SSi/c1-6-25-20(22)18-12-13-19(17-10-8-7-9-11-17)21(16(18)2)26(23,24)14-15-27(3,4)5/h7-12,16,19H,6,13-15H2,1-5H3/t16-,19-/m0/s1. The quantitative estimate of drug-likeness (QED) is 0.505. The Kier molecular flexibility index (Phi) is 7.05. The second-order valence-electron chi connectivity index (χ2n) is 8.17. The van der Waals surface area contributed by atoms with Gasteiger partial charge in [-0.15, -0.1) is 0 Å². The molecule has 2 rings (SSSR count). The molecule has 1 aliphatic rings. The van der Waals surface area contributed by atoms with Gasteiger partial charge < -0.3 is 4.74 Å². The van der Waals surface area contributed by atoms with E-state index in [4.69, 9.17) is 4.74 Å². The molecular formula is C20H31NO4SSi. The largest absolute Gasteiger partial charge is 0.463 e. The molecule has 0 fully saturated rings. The van der Waals surface area contributed by atoms with Crippen molar-refractivity contribution >= 4 is 24.1 Å². The van der Waals surface area contributed by atoms with Crippen molar-refractivity contribution in [3.63, 3.8) is 0 Å². The lowest BCUT2D eigenvalue weighted by atomic mass is 9.94. The van der Waals surface area contributed by atoms with E-state index in [2.05, 4.69) is 19.6 Å². The third-order valence-electron chi connectivity index (χ3n) is 4.83. The molecule has 0 spiro atoms. The number of hydrogen-bond donors (Lipinski definition) is 0. The average molecular weight is 410 g/mol. The summed E-state index contributed by atoms with van der Waals surface area (Å²) in [6.07, 6.45) is 2.31. The smallest absolute Gasteiger partial charge is 0.335 e. The Bertz CT molecular complexity index is 784. The maximum absolute atomic E-state index is 13.3. The van der Waals surface area contributed by atoms with Crippen LogP contribution in [-0.4, -0.2) is 45.2 Å². The molecule has 0 radical (unpaired) electrons. The van der Waals surface area contributed by atoms with Gasteiger partial charge in [-0.25, -0.2) is 13.2 Å². The lowest BCUT2D eigenvalue weighted by molar-refractivity contribution is -0.139. The fraction of sp³-hybridized carbons (Fsp3) is 0.550. The molecule has 0 saturated heterocycles. The molecule has 0 bridgehead atoms. The molecule has 5 nitrogen and oxygen atoms in total. The normalized spacial score (nSPS) is 21.6. The zero-order valence-corrected chi connectivity index (χ0v) is 18.8. The number of esters is 1. The molecule has 1 aromatic rings. The SMILES string of the molecule is CCOC(=O)C1=CC[C@@H](c2ccccc2)N(S(=O)(=O)CC[Si](C)(C)C)[C@H]1C. The summed E-state index contributed by atoms with van der Waals surface area (Å²) in [7, 11) is -5.04. The third-order valence-corrected chi connectivity index (χ3v) is 8.87. The van der Waals surface area contributed by atoms with Crippen molar-refractivity contribution in [1.29, 1.82) is 0 Å². The molecule has 0 amide bonds. The number of hydrogen-bond acceptors (Lipinski definition) is 4. The molecule has 0 aliphatic carbocycles. The van der Waals surface area contributed by atoms with Crippen LogP contribution in [0.5, 0.6) is 0 Å². The van der Waals surface area contributed by atoms with Gasteiger partial charge in [-0.05, 0) is 31.9 Å². The third kappa shape index (κ3) is 5.52. The molecular weight excluding hydrogens is 378 g/mol. The van der Waals surface area contributed by atoms with Crippen molar-refractivity contribution in [3.05, 3.63) is 47.5 Å². The van der Waals surface area contributed by atoms with E-state index in [-0.39, 0.29) is 18.4 Å². The fourth-order valence-electron chi connectivity index (χ4n) is 3.32. The molecule has 0 aromatic heterocycles. The van der Waals surface area contributed by atoms with E-state index in [1.54, 1.807) is 13.8 Å². The van der Waals surface area contributed by atoms with Gasteiger partial charge >= 0.3 is 5.97 Å². The first-order chi connectivity index (χ1) is 12.6. The molecule has 150 valence electrons. The molecule has 1 aliphatic heterocycles. The second kappa shape index (κ2) is 8.71. The van der Waals surface area contributed by atoms with Crippen LogP contribution < -0.4 is 0 Å². The molecule has 0 N–H and O–H groups in total. The first kappa shape index (κ1) is 21.9. The molecule has 0 saturated carbocycles. The predicted octanol–water partition coefficient (Wildman–Crippen LogP) is 3.98. The lowest BCUT2D eigenvalue weighted by Gasteiger charge is -2.39. The van der Waals surface area contributed by atoms with E-state index in [1.165, 1.54) is 4.31 Å². The average Bonchev–Trinajstić information content (AvgIpc) is 2.60. The molecule has 1 heterocycles. The van der Waals surface area contributed by atoms with Gasteiger partial charge in [0.1, 0.15) is 0 Å². The predicted molar refractivity (Wildman–Crippen MR) is 112 cm³/mol. The Morgan fingerprint density at radius 3 is 2.41 bits per heavy atom. The Labute approximate surface area is 164 Å². The van der Waals surface area contributed by atoms with Crippen LogP contribution in [0.3, 0.4) is 0 Å².